The van der Waals surface area contributed by atoms with Gasteiger partial charge in [-0.25, -0.2) is 0 Å². The lowest BCUT2D eigenvalue weighted by atomic mass is 9.87. The summed E-state index contributed by atoms with van der Waals surface area (Å²) in [6.07, 6.45) is 0. The first-order valence-corrected chi connectivity index (χ1v) is 7.01. The number of nitrogens with one attached hydrogen (secondary N) is 1. The normalized spacial score (nSPS) is 18.3. The van der Waals surface area contributed by atoms with Gasteiger partial charge >= 0.3 is 0 Å². The molecule has 1 aromatic carbocycles. The van der Waals surface area contributed by atoms with E-state index in [2.05, 4.69) is 19.2 Å². The van der Waals surface area contributed by atoms with Crippen LogP contribution in [0.15, 0.2) is 18.2 Å². The Morgan fingerprint density at radius 1 is 1.53 bits per heavy atom. The summed E-state index contributed by atoms with van der Waals surface area (Å²) in [5.74, 6) is 0.120. The van der Waals surface area contributed by atoms with Crippen molar-refractivity contribution in [3.8, 4) is 0 Å². The molecule has 0 saturated carbocycles. The Morgan fingerprint density at radius 2 is 2.21 bits per heavy atom. The number of amides is 1. The lowest BCUT2D eigenvalue weighted by Gasteiger charge is -2.23. The summed E-state index contributed by atoms with van der Waals surface area (Å²) in [7, 11) is 1.86. The summed E-state index contributed by atoms with van der Waals surface area (Å²) in [6.45, 7) is 7.60. The van der Waals surface area contributed by atoms with Gasteiger partial charge in [0.25, 0.3) is 0 Å². The molecule has 4 heteroatoms. The molecule has 0 aromatic heterocycles. The minimum absolute atomic E-state index is 0.0364. The predicted molar refractivity (Wildman–Crippen MR) is 79.9 cm³/mol. The van der Waals surface area contributed by atoms with Crippen LogP contribution in [0, 0.1) is 5.92 Å². The van der Waals surface area contributed by atoms with Gasteiger partial charge in [0.2, 0.25) is 5.91 Å². The molecule has 0 saturated heterocycles. The zero-order chi connectivity index (χ0) is 14.2. The van der Waals surface area contributed by atoms with E-state index in [1.807, 2.05) is 37.1 Å². The summed E-state index contributed by atoms with van der Waals surface area (Å²) in [6, 6.07) is 5.79. The maximum absolute atomic E-state index is 12.5. The predicted octanol–water partition coefficient (Wildman–Crippen LogP) is 2.82. The van der Waals surface area contributed by atoms with E-state index in [1.165, 1.54) is 0 Å². The molecule has 1 heterocycles. The highest BCUT2D eigenvalue weighted by Crippen LogP contribution is 2.44. The monoisotopic (exact) mass is 280 g/mol. The number of benzene rings is 1. The first-order valence-electron chi connectivity index (χ1n) is 6.63. The van der Waals surface area contributed by atoms with E-state index in [0.29, 0.717) is 13.1 Å². The fraction of sp³-hybridized carbons (Fsp3) is 0.533. The Kier molecular flexibility index (Phi) is 3.88. The Morgan fingerprint density at radius 3 is 2.84 bits per heavy atom. The molecule has 1 amide bonds. The van der Waals surface area contributed by atoms with Crippen LogP contribution in [0.25, 0.3) is 0 Å². The van der Waals surface area contributed by atoms with Crippen LogP contribution in [0.5, 0.6) is 0 Å². The van der Waals surface area contributed by atoms with Crippen LogP contribution in [-0.4, -0.2) is 26.0 Å². The van der Waals surface area contributed by atoms with Crippen LogP contribution in [0.3, 0.4) is 0 Å². The zero-order valence-corrected chi connectivity index (χ0v) is 12.7. The minimum Gasteiger partial charge on any atom is -0.319 e. The number of fused-ring (bicyclic) bond motifs is 1. The molecule has 0 radical (unpaired) electrons. The number of anilines is 1. The highest BCUT2D eigenvalue weighted by molar-refractivity contribution is 6.32. The second kappa shape index (κ2) is 5.14. The number of carbonyl (C=O) groups excluding carboxylic acids is 1. The third-order valence-electron chi connectivity index (χ3n) is 3.71. The van der Waals surface area contributed by atoms with E-state index < -0.39 is 0 Å². The van der Waals surface area contributed by atoms with Crippen molar-refractivity contribution < 1.29 is 4.79 Å². The van der Waals surface area contributed by atoms with Gasteiger partial charge in [0.15, 0.2) is 0 Å². The maximum Gasteiger partial charge on any atom is 0.231 e. The number of hydrogen-bond donors (Lipinski definition) is 1. The fourth-order valence-corrected chi connectivity index (χ4v) is 3.25. The van der Waals surface area contributed by atoms with Crippen LogP contribution < -0.4 is 10.2 Å². The van der Waals surface area contributed by atoms with Crippen LogP contribution in [0.2, 0.25) is 5.02 Å². The first kappa shape index (κ1) is 14.4. The van der Waals surface area contributed by atoms with E-state index >= 15 is 0 Å². The summed E-state index contributed by atoms with van der Waals surface area (Å²) in [5, 5.41) is 3.80. The summed E-state index contributed by atoms with van der Waals surface area (Å²) in [4.78, 5) is 14.4. The van der Waals surface area contributed by atoms with E-state index in [9.17, 15) is 4.79 Å². The molecule has 1 aromatic rings. The van der Waals surface area contributed by atoms with Gasteiger partial charge in [0, 0.05) is 40.7 Å². The van der Waals surface area contributed by atoms with Crippen molar-refractivity contribution in [2.45, 2.75) is 26.2 Å². The molecule has 19 heavy (non-hydrogen) atoms. The van der Waals surface area contributed by atoms with Gasteiger partial charge in [-0.3, -0.25) is 4.79 Å². The topological polar surface area (TPSA) is 32.3 Å². The third kappa shape index (κ3) is 2.49. The SMILES string of the molecule is CNCC(C)C(=O)N1CC(C)(C)c2c(Cl)cccc21. The molecular formula is C15H21ClN2O. The minimum atomic E-state index is -0.0945. The first-order chi connectivity index (χ1) is 8.88. The van der Waals surface area contributed by atoms with Gasteiger partial charge in [0.1, 0.15) is 0 Å². The number of carbonyl (C=O) groups is 1. The van der Waals surface area contributed by atoms with Crippen LogP contribution in [0.4, 0.5) is 5.69 Å². The standard InChI is InChI=1S/C15H21ClN2O/c1-10(8-17-4)14(19)18-9-15(2,3)13-11(16)6-5-7-12(13)18/h5-7,10,17H,8-9H2,1-4H3. The molecule has 1 aliphatic heterocycles. The van der Waals surface area contributed by atoms with Crippen molar-refractivity contribution in [2.75, 3.05) is 25.0 Å². The molecule has 1 N–H and O–H groups in total. The Labute approximate surface area is 119 Å². The molecule has 0 spiro atoms. The zero-order valence-electron chi connectivity index (χ0n) is 12.0. The van der Waals surface area contributed by atoms with Crippen molar-refractivity contribution in [1.29, 1.82) is 0 Å². The maximum atomic E-state index is 12.5. The van der Waals surface area contributed by atoms with Crippen molar-refractivity contribution in [1.82, 2.24) is 5.32 Å². The van der Waals surface area contributed by atoms with E-state index in [4.69, 9.17) is 11.6 Å². The molecule has 1 atom stereocenters. The Balaban J connectivity index is 2.38. The fourth-order valence-electron chi connectivity index (χ4n) is 2.82. The molecule has 0 fully saturated rings. The van der Waals surface area contributed by atoms with Gasteiger partial charge in [-0.1, -0.05) is 38.4 Å². The van der Waals surface area contributed by atoms with Gasteiger partial charge in [-0.15, -0.1) is 0 Å². The molecule has 0 bridgehead atoms. The van der Waals surface area contributed by atoms with E-state index in [1.54, 1.807) is 0 Å². The van der Waals surface area contributed by atoms with Crippen LogP contribution in [-0.2, 0) is 10.2 Å². The summed E-state index contributed by atoms with van der Waals surface area (Å²) in [5.41, 5.74) is 1.95. The number of halogens is 1. The Hall–Kier alpha value is -1.06. The van der Waals surface area contributed by atoms with Crippen molar-refractivity contribution in [3.05, 3.63) is 28.8 Å². The lowest BCUT2D eigenvalue weighted by Crippen LogP contribution is -2.40. The van der Waals surface area contributed by atoms with Gasteiger partial charge in [0.05, 0.1) is 0 Å². The number of hydrogen-bond acceptors (Lipinski definition) is 2. The highest BCUT2D eigenvalue weighted by Gasteiger charge is 2.40. The highest BCUT2D eigenvalue weighted by atomic mass is 35.5. The van der Waals surface area contributed by atoms with Crippen LogP contribution >= 0.6 is 11.6 Å². The number of nitrogens with zero attached hydrogens (tertiary/aromatic N) is 1. The van der Waals surface area contributed by atoms with Crippen LogP contribution in [0.1, 0.15) is 26.3 Å². The molecule has 3 nitrogen and oxygen atoms in total. The summed E-state index contributed by atoms with van der Waals surface area (Å²) < 4.78 is 0. The average molecular weight is 281 g/mol. The smallest absolute Gasteiger partial charge is 0.231 e. The van der Waals surface area contributed by atoms with E-state index in [-0.39, 0.29) is 17.2 Å². The van der Waals surface area contributed by atoms with Gasteiger partial charge in [-0.05, 0) is 19.2 Å². The molecule has 1 unspecified atom stereocenters. The largest absolute Gasteiger partial charge is 0.319 e. The average Bonchev–Trinajstić information content (AvgIpc) is 2.62. The third-order valence-corrected chi connectivity index (χ3v) is 4.03. The quantitative estimate of drug-likeness (QED) is 0.923. The van der Waals surface area contributed by atoms with Crippen molar-refractivity contribution in [3.63, 3.8) is 0 Å². The second-order valence-electron chi connectivity index (χ2n) is 5.90. The molecule has 2 rings (SSSR count). The van der Waals surface area contributed by atoms with Gasteiger partial charge < -0.3 is 10.2 Å². The molecule has 1 aliphatic rings. The summed E-state index contributed by atoms with van der Waals surface area (Å²) >= 11 is 6.31. The van der Waals surface area contributed by atoms with Crippen molar-refractivity contribution in [2.24, 2.45) is 5.92 Å². The molecular weight excluding hydrogens is 260 g/mol. The second-order valence-corrected chi connectivity index (χ2v) is 6.31. The lowest BCUT2D eigenvalue weighted by molar-refractivity contribution is -0.121. The van der Waals surface area contributed by atoms with E-state index in [0.717, 1.165) is 16.3 Å². The number of rotatable bonds is 3. The molecule has 0 aliphatic carbocycles. The Bertz CT molecular complexity index is 499. The molecule has 104 valence electrons. The van der Waals surface area contributed by atoms with Gasteiger partial charge in [-0.2, -0.15) is 0 Å². The van der Waals surface area contributed by atoms with Crippen molar-refractivity contribution >= 4 is 23.2 Å².